The summed E-state index contributed by atoms with van der Waals surface area (Å²) in [6.45, 7) is 0.981. The van der Waals surface area contributed by atoms with Gasteiger partial charge in [-0.2, -0.15) is 8.78 Å². The Morgan fingerprint density at radius 1 is 1.14 bits per heavy atom. The summed E-state index contributed by atoms with van der Waals surface area (Å²) in [4.78, 5) is 7.81. The number of H-pyrrole nitrogens is 1. The van der Waals surface area contributed by atoms with E-state index >= 15 is 0 Å². The Morgan fingerprint density at radius 2 is 1.97 bits per heavy atom. The first-order chi connectivity index (χ1) is 13.7. The van der Waals surface area contributed by atoms with Gasteiger partial charge in [-0.1, -0.05) is 30.3 Å². The minimum atomic E-state index is -2.83. The second-order valence-electron chi connectivity index (χ2n) is 6.26. The van der Waals surface area contributed by atoms with Crippen molar-refractivity contribution in [3.05, 3.63) is 65.9 Å². The van der Waals surface area contributed by atoms with Crippen LogP contribution in [0.5, 0.6) is 5.75 Å². The predicted octanol–water partition coefficient (Wildman–Crippen LogP) is 4.69. The first kappa shape index (κ1) is 22.9. The van der Waals surface area contributed by atoms with Crippen LogP contribution in [0.1, 0.15) is 18.1 Å². The number of para-hydroxylation sites is 1. The lowest BCUT2D eigenvalue weighted by Crippen LogP contribution is -2.38. The highest BCUT2D eigenvalue weighted by Crippen LogP contribution is 2.18. The minimum absolute atomic E-state index is 0. The molecule has 0 spiro atoms. The van der Waals surface area contributed by atoms with Crippen molar-refractivity contribution in [1.82, 2.24) is 15.6 Å². The second kappa shape index (κ2) is 11.6. The van der Waals surface area contributed by atoms with Crippen molar-refractivity contribution in [2.75, 3.05) is 13.1 Å². The summed E-state index contributed by atoms with van der Waals surface area (Å²) in [5.41, 5.74) is 3.17. The normalized spacial score (nSPS) is 11.4. The number of nitrogens with one attached hydrogen (secondary N) is 3. The summed E-state index contributed by atoms with van der Waals surface area (Å²) in [7, 11) is 0. The van der Waals surface area contributed by atoms with Gasteiger partial charge in [-0.15, -0.1) is 24.0 Å². The SMILES string of the molecule is CCNC(=NCc1cccc(OC(F)F)c1)NCCc1c[nH]c2ccccc12.I. The lowest BCUT2D eigenvalue weighted by Gasteiger charge is -2.11. The highest BCUT2D eigenvalue weighted by molar-refractivity contribution is 14.0. The van der Waals surface area contributed by atoms with Crippen molar-refractivity contribution in [3.63, 3.8) is 0 Å². The number of rotatable bonds is 8. The quantitative estimate of drug-likeness (QED) is 0.232. The molecule has 0 aliphatic heterocycles. The number of alkyl halides is 2. The van der Waals surface area contributed by atoms with Crippen LogP contribution in [0.15, 0.2) is 59.7 Å². The Labute approximate surface area is 186 Å². The minimum Gasteiger partial charge on any atom is -0.435 e. The van der Waals surface area contributed by atoms with E-state index in [1.54, 1.807) is 12.1 Å². The molecule has 2 aromatic carbocycles. The molecule has 156 valence electrons. The molecule has 0 amide bonds. The van der Waals surface area contributed by atoms with Gasteiger partial charge in [0.1, 0.15) is 5.75 Å². The molecule has 0 fully saturated rings. The molecule has 3 rings (SSSR count). The number of halogens is 3. The summed E-state index contributed by atoms with van der Waals surface area (Å²) < 4.78 is 29.1. The summed E-state index contributed by atoms with van der Waals surface area (Å²) >= 11 is 0. The average molecular weight is 514 g/mol. The Morgan fingerprint density at radius 3 is 2.76 bits per heavy atom. The molecule has 1 aromatic heterocycles. The van der Waals surface area contributed by atoms with Crippen molar-refractivity contribution < 1.29 is 13.5 Å². The van der Waals surface area contributed by atoms with Crippen LogP contribution in [0.2, 0.25) is 0 Å². The molecule has 0 saturated heterocycles. The number of aliphatic imine (C=N–C) groups is 1. The van der Waals surface area contributed by atoms with Crippen molar-refractivity contribution in [2.45, 2.75) is 26.5 Å². The van der Waals surface area contributed by atoms with Gasteiger partial charge in [0, 0.05) is 30.2 Å². The summed E-state index contributed by atoms with van der Waals surface area (Å²) in [6, 6.07) is 14.8. The fraction of sp³-hybridized carbons (Fsp3) is 0.286. The Bertz CT molecular complexity index is 930. The lowest BCUT2D eigenvalue weighted by molar-refractivity contribution is -0.0498. The smallest absolute Gasteiger partial charge is 0.387 e. The fourth-order valence-corrected chi connectivity index (χ4v) is 2.99. The van der Waals surface area contributed by atoms with Gasteiger partial charge in [0.2, 0.25) is 0 Å². The highest BCUT2D eigenvalue weighted by Gasteiger charge is 2.06. The molecule has 0 aliphatic rings. The molecule has 0 unspecified atom stereocenters. The molecule has 0 atom stereocenters. The van der Waals surface area contributed by atoms with Crippen LogP contribution in [0.3, 0.4) is 0 Å². The lowest BCUT2D eigenvalue weighted by atomic mass is 10.1. The maximum Gasteiger partial charge on any atom is 0.387 e. The predicted molar refractivity (Wildman–Crippen MR) is 123 cm³/mol. The van der Waals surface area contributed by atoms with Crippen LogP contribution < -0.4 is 15.4 Å². The first-order valence-electron chi connectivity index (χ1n) is 9.26. The van der Waals surface area contributed by atoms with Gasteiger partial charge in [-0.3, -0.25) is 0 Å². The van der Waals surface area contributed by atoms with Crippen LogP contribution in [0.4, 0.5) is 8.78 Å². The summed E-state index contributed by atoms with van der Waals surface area (Å²) in [5.74, 6) is 0.822. The first-order valence-corrected chi connectivity index (χ1v) is 9.26. The van der Waals surface area contributed by atoms with E-state index in [9.17, 15) is 8.78 Å². The Kier molecular flexibility index (Phi) is 9.17. The van der Waals surface area contributed by atoms with Gasteiger partial charge in [-0.05, 0) is 42.7 Å². The third-order valence-electron chi connectivity index (χ3n) is 4.25. The molecular formula is C21H25F2IN4O. The molecule has 3 aromatic rings. The van der Waals surface area contributed by atoms with Gasteiger partial charge >= 0.3 is 6.61 Å². The van der Waals surface area contributed by atoms with Crippen molar-refractivity contribution >= 4 is 40.8 Å². The van der Waals surface area contributed by atoms with Gasteiger partial charge in [0.15, 0.2) is 5.96 Å². The van der Waals surface area contributed by atoms with E-state index in [0.29, 0.717) is 12.5 Å². The van der Waals surface area contributed by atoms with Gasteiger partial charge in [0.05, 0.1) is 6.54 Å². The van der Waals surface area contributed by atoms with E-state index in [4.69, 9.17) is 0 Å². The van der Waals surface area contributed by atoms with E-state index in [1.807, 2.05) is 31.3 Å². The highest BCUT2D eigenvalue weighted by atomic mass is 127. The fourth-order valence-electron chi connectivity index (χ4n) is 2.99. The van der Waals surface area contributed by atoms with E-state index in [1.165, 1.54) is 17.0 Å². The van der Waals surface area contributed by atoms with Crippen LogP contribution >= 0.6 is 24.0 Å². The molecule has 5 nitrogen and oxygen atoms in total. The van der Waals surface area contributed by atoms with Crippen molar-refractivity contribution in [3.8, 4) is 5.75 Å². The summed E-state index contributed by atoms with van der Waals surface area (Å²) in [6.07, 6.45) is 2.89. The molecule has 0 bridgehead atoms. The van der Waals surface area contributed by atoms with E-state index < -0.39 is 6.61 Å². The Balaban J connectivity index is 0.00000300. The molecule has 0 aliphatic carbocycles. The molecule has 1 heterocycles. The average Bonchev–Trinajstić information content (AvgIpc) is 3.09. The van der Waals surface area contributed by atoms with Crippen molar-refractivity contribution in [1.29, 1.82) is 0 Å². The van der Waals surface area contributed by atoms with Crippen LogP contribution in [-0.4, -0.2) is 30.6 Å². The number of fused-ring (bicyclic) bond motifs is 1. The van der Waals surface area contributed by atoms with Crippen LogP contribution in [-0.2, 0) is 13.0 Å². The number of hydrogen-bond donors (Lipinski definition) is 3. The zero-order valence-corrected chi connectivity index (χ0v) is 18.5. The molecule has 0 saturated carbocycles. The number of guanidine groups is 1. The topological polar surface area (TPSA) is 61.4 Å². The molecular weight excluding hydrogens is 489 g/mol. The molecule has 3 N–H and O–H groups in total. The molecule has 0 radical (unpaired) electrons. The standard InChI is InChI=1S/C21H24F2N4O.HI/c1-2-24-21(27-13-15-6-5-7-17(12-15)28-20(22)23)25-11-10-16-14-26-19-9-4-3-8-18(16)19;/h3-9,12,14,20,26H,2,10-11,13H2,1H3,(H2,24,25,27);1H. The Hall–Kier alpha value is -2.36. The van der Waals surface area contributed by atoms with Gasteiger partial charge in [0.25, 0.3) is 0 Å². The van der Waals surface area contributed by atoms with Crippen LogP contribution in [0, 0.1) is 0 Å². The number of aromatic amines is 1. The largest absolute Gasteiger partial charge is 0.435 e. The molecule has 29 heavy (non-hydrogen) atoms. The number of hydrogen-bond acceptors (Lipinski definition) is 2. The van der Waals surface area contributed by atoms with E-state index in [0.717, 1.165) is 30.6 Å². The summed E-state index contributed by atoms with van der Waals surface area (Å²) in [5, 5.41) is 7.74. The third kappa shape index (κ3) is 6.88. The maximum atomic E-state index is 12.3. The third-order valence-corrected chi connectivity index (χ3v) is 4.25. The zero-order chi connectivity index (χ0) is 19.8. The van der Waals surface area contributed by atoms with Gasteiger partial charge in [-0.25, -0.2) is 4.99 Å². The van der Waals surface area contributed by atoms with E-state index in [-0.39, 0.29) is 29.7 Å². The maximum absolute atomic E-state index is 12.3. The number of benzene rings is 2. The number of nitrogens with zero attached hydrogens (tertiary/aromatic N) is 1. The molecule has 8 heteroatoms. The van der Waals surface area contributed by atoms with Gasteiger partial charge < -0.3 is 20.4 Å². The number of aromatic nitrogens is 1. The second-order valence-corrected chi connectivity index (χ2v) is 6.26. The zero-order valence-electron chi connectivity index (χ0n) is 16.1. The van der Waals surface area contributed by atoms with E-state index in [2.05, 4.69) is 37.5 Å². The number of ether oxygens (including phenoxy) is 1. The van der Waals surface area contributed by atoms with Crippen LogP contribution in [0.25, 0.3) is 10.9 Å². The monoisotopic (exact) mass is 514 g/mol. The van der Waals surface area contributed by atoms with Crippen molar-refractivity contribution in [2.24, 2.45) is 4.99 Å².